The summed E-state index contributed by atoms with van der Waals surface area (Å²) in [5.41, 5.74) is 0.600. The summed E-state index contributed by atoms with van der Waals surface area (Å²) in [6.07, 6.45) is 0.220. The van der Waals surface area contributed by atoms with Crippen LogP contribution in [-0.2, 0) is 30.7 Å². The first-order chi connectivity index (χ1) is 17.5. The van der Waals surface area contributed by atoms with E-state index in [9.17, 15) is 22.0 Å². The summed E-state index contributed by atoms with van der Waals surface area (Å²) < 4.78 is 65.9. The van der Waals surface area contributed by atoms with Gasteiger partial charge in [0.2, 0.25) is 5.91 Å². The number of halogens is 2. The second-order valence-corrected chi connectivity index (χ2v) is 13.1. The van der Waals surface area contributed by atoms with Gasteiger partial charge in [-0.25, -0.2) is 17.2 Å². The van der Waals surface area contributed by atoms with Gasteiger partial charge in [-0.05, 0) is 69.6 Å². The van der Waals surface area contributed by atoms with E-state index in [-0.39, 0.29) is 47.3 Å². The summed E-state index contributed by atoms with van der Waals surface area (Å²) in [4.78, 5) is 13.6. The minimum absolute atomic E-state index is 0.0630. The van der Waals surface area contributed by atoms with Gasteiger partial charge in [-0.2, -0.15) is 5.10 Å². The van der Waals surface area contributed by atoms with Crippen molar-refractivity contribution < 1.29 is 31.5 Å². The number of amides is 1. The third-order valence-corrected chi connectivity index (χ3v) is 9.60. The Hall–Kier alpha value is -2.37. The standard InChI is InChI=1S/C26H33F2N3O5S/c1-26(2)35-15-18(36-26)14-31-10-9-24(30-31)29-25(32)21(11-16-12-22(27)23(28)13-16)17-3-5-19(6-4-17)37(33,34)20-7-8-20/h3-6,9-10,16,18,20-23H,7-8,11-15H2,1-2H3,(H,29,30,32)/t16?,18-,21?,22-,23+/m1/s1. The number of sulfone groups is 1. The van der Waals surface area contributed by atoms with Crippen LogP contribution in [-0.4, -0.2) is 60.2 Å². The molecule has 0 bridgehead atoms. The van der Waals surface area contributed by atoms with Crippen molar-refractivity contribution in [3.63, 3.8) is 0 Å². The van der Waals surface area contributed by atoms with Crippen LogP contribution in [0.1, 0.15) is 57.4 Å². The van der Waals surface area contributed by atoms with Crippen molar-refractivity contribution >= 4 is 21.6 Å². The largest absolute Gasteiger partial charge is 0.348 e. The number of alkyl halides is 2. The average Bonchev–Trinajstić information content (AvgIpc) is 3.44. The van der Waals surface area contributed by atoms with Crippen LogP contribution in [0.15, 0.2) is 41.4 Å². The second kappa shape index (κ2) is 10.1. The number of hydrogen-bond acceptors (Lipinski definition) is 6. The number of ether oxygens (including phenoxy) is 2. The highest BCUT2D eigenvalue weighted by molar-refractivity contribution is 7.92. The molecule has 2 unspecified atom stereocenters. The van der Waals surface area contributed by atoms with Gasteiger partial charge >= 0.3 is 0 Å². The molecule has 2 heterocycles. The molecular weight excluding hydrogens is 504 g/mol. The molecule has 11 heteroatoms. The van der Waals surface area contributed by atoms with Gasteiger partial charge in [0.25, 0.3) is 0 Å². The molecule has 1 aromatic heterocycles. The average molecular weight is 538 g/mol. The number of benzene rings is 1. The Kier molecular flexibility index (Phi) is 7.14. The Bertz CT molecular complexity index is 1220. The Morgan fingerprint density at radius 2 is 1.84 bits per heavy atom. The van der Waals surface area contributed by atoms with Crippen molar-refractivity contribution in [2.45, 2.75) is 92.8 Å². The molecule has 0 spiro atoms. The Morgan fingerprint density at radius 3 is 2.43 bits per heavy atom. The number of nitrogens with one attached hydrogen (secondary N) is 1. The number of hydrogen-bond donors (Lipinski definition) is 1. The highest BCUT2D eigenvalue weighted by atomic mass is 32.2. The Morgan fingerprint density at radius 1 is 1.16 bits per heavy atom. The summed E-state index contributed by atoms with van der Waals surface area (Å²) in [7, 11) is -3.36. The molecule has 37 heavy (non-hydrogen) atoms. The fourth-order valence-electron chi connectivity index (χ4n) is 5.21. The SMILES string of the molecule is CC1(C)OC[C@@H](Cn2ccc(NC(=O)C(CC3C[C@@H](F)[C@@H](F)C3)c3ccc(S(=O)(=O)C4CC4)cc3)n2)O1. The van der Waals surface area contributed by atoms with Gasteiger partial charge in [0.05, 0.1) is 29.2 Å². The topological polar surface area (TPSA) is 99.5 Å². The second-order valence-electron chi connectivity index (χ2n) is 10.8. The smallest absolute Gasteiger partial charge is 0.233 e. The van der Waals surface area contributed by atoms with E-state index in [1.807, 2.05) is 13.8 Å². The molecule has 3 fully saturated rings. The van der Waals surface area contributed by atoms with E-state index in [0.29, 0.717) is 37.4 Å². The van der Waals surface area contributed by atoms with E-state index in [4.69, 9.17) is 9.47 Å². The van der Waals surface area contributed by atoms with Crippen molar-refractivity contribution in [2.75, 3.05) is 11.9 Å². The maximum atomic E-state index is 13.9. The zero-order valence-electron chi connectivity index (χ0n) is 21.0. The number of rotatable bonds is 9. The molecule has 1 aromatic carbocycles. The van der Waals surface area contributed by atoms with Crippen LogP contribution in [0.2, 0.25) is 0 Å². The monoisotopic (exact) mass is 537 g/mol. The van der Waals surface area contributed by atoms with Crippen LogP contribution in [0.4, 0.5) is 14.6 Å². The first-order valence-corrected chi connectivity index (χ1v) is 14.3. The summed E-state index contributed by atoms with van der Waals surface area (Å²) in [6.45, 7) is 4.58. The Labute approximate surface area is 215 Å². The molecule has 202 valence electrons. The van der Waals surface area contributed by atoms with Crippen LogP contribution in [0, 0.1) is 5.92 Å². The maximum Gasteiger partial charge on any atom is 0.233 e. The minimum atomic E-state index is -3.36. The quantitative estimate of drug-likeness (QED) is 0.516. The summed E-state index contributed by atoms with van der Waals surface area (Å²) in [6, 6.07) is 7.98. The van der Waals surface area contributed by atoms with Crippen molar-refractivity contribution in [3.05, 3.63) is 42.1 Å². The first kappa shape index (κ1) is 26.2. The van der Waals surface area contributed by atoms with Crippen LogP contribution in [0.25, 0.3) is 0 Å². The summed E-state index contributed by atoms with van der Waals surface area (Å²) >= 11 is 0. The third kappa shape index (κ3) is 6.04. The predicted octanol–water partition coefficient (Wildman–Crippen LogP) is 4.17. The van der Waals surface area contributed by atoms with Crippen molar-refractivity contribution in [2.24, 2.45) is 5.92 Å². The zero-order valence-corrected chi connectivity index (χ0v) is 21.8. The number of nitrogens with zero attached hydrogens (tertiary/aromatic N) is 2. The molecule has 2 aromatic rings. The predicted molar refractivity (Wildman–Crippen MR) is 132 cm³/mol. The zero-order chi connectivity index (χ0) is 26.4. The molecule has 8 nitrogen and oxygen atoms in total. The molecular formula is C26H33F2N3O5S. The molecule has 1 saturated heterocycles. The molecule has 1 amide bonds. The minimum Gasteiger partial charge on any atom is -0.348 e. The molecule has 2 aliphatic carbocycles. The molecule has 5 atom stereocenters. The van der Waals surface area contributed by atoms with E-state index >= 15 is 0 Å². The lowest BCUT2D eigenvalue weighted by Crippen LogP contribution is -2.25. The van der Waals surface area contributed by atoms with Gasteiger partial charge in [-0.3, -0.25) is 9.48 Å². The summed E-state index contributed by atoms with van der Waals surface area (Å²) in [5, 5.41) is 6.91. The van der Waals surface area contributed by atoms with E-state index in [2.05, 4.69) is 10.4 Å². The van der Waals surface area contributed by atoms with Gasteiger partial charge in [-0.1, -0.05) is 12.1 Å². The van der Waals surface area contributed by atoms with Crippen LogP contribution in [0.3, 0.4) is 0 Å². The lowest BCUT2D eigenvalue weighted by Gasteiger charge is -2.20. The van der Waals surface area contributed by atoms with Gasteiger partial charge in [0, 0.05) is 12.3 Å². The van der Waals surface area contributed by atoms with E-state index in [1.54, 1.807) is 29.1 Å². The lowest BCUT2D eigenvalue weighted by atomic mass is 9.87. The fourth-order valence-corrected chi connectivity index (χ4v) is 6.87. The number of anilines is 1. The number of carbonyl (C=O) groups excluding carboxylic acids is 1. The van der Waals surface area contributed by atoms with Crippen LogP contribution in [0.5, 0.6) is 0 Å². The summed E-state index contributed by atoms with van der Waals surface area (Å²) in [5.74, 6) is -1.66. The first-order valence-electron chi connectivity index (χ1n) is 12.8. The van der Waals surface area contributed by atoms with Gasteiger partial charge in [0.15, 0.2) is 21.4 Å². The highest BCUT2D eigenvalue weighted by Gasteiger charge is 2.39. The fraction of sp³-hybridized carbons (Fsp3) is 0.615. The maximum absolute atomic E-state index is 13.9. The normalized spacial score (nSPS) is 28.3. The molecule has 0 radical (unpaired) electrons. The highest BCUT2D eigenvalue weighted by Crippen LogP contribution is 2.39. The molecule has 3 aliphatic rings. The van der Waals surface area contributed by atoms with Gasteiger partial charge < -0.3 is 14.8 Å². The van der Waals surface area contributed by atoms with E-state index in [1.165, 1.54) is 12.1 Å². The van der Waals surface area contributed by atoms with Crippen LogP contribution >= 0.6 is 0 Å². The number of carbonyl (C=O) groups is 1. The third-order valence-electron chi connectivity index (χ3n) is 7.32. The molecule has 5 rings (SSSR count). The van der Waals surface area contributed by atoms with E-state index in [0.717, 1.165) is 0 Å². The van der Waals surface area contributed by atoms with Gasteiger partial charge in [0.1, 0.15) is 18.4 Å². The molecule has 1 N–H and O–H groups in total. The van der Waals surface area contributed by atoms with E-state index < -0.39 is 33.9 Å². The van der Waals surface area contributed by atoms with Crippen molar-refractivity contribution in [3.8, 4) is 0 Å². The van der Waals surface area contributed by atoms with Crippen LogP contribution < -0.4 is 5.32 Å². The number of aromatic nitrogens is 2. The van der Waals surface area contributed by atoms with Crippen molar-refractivity contribution in [1.82, 2.24) is 9.78 Å². The van der Waals surface area contributed by atoms with Crippen molar-refractivity contribution in [1.29, 1.82) is 0 Å². The van der Waals surface area contributed by atoms with Gasteiger partial charge in [-0.15, -0.1) is 0 Å². The molecule has 2 saturated carbocycles. The lowest BCUT2D eigenvalue weighted by molar-refractivity contribution is -0.139. The molecule has 1 aliphatic heterocycles. The Balaban J connectivity index is 1.30.